The normalized spacial score (nSPS) is 34.2. The number of rotatable bonds is 5. The van der Waals surface area contributed by atoms with Crippen LogP contribution in [0.2, 0.25) is 0 Å². The predicted molar refractivity (Wildman–Crippen MR) is 61.4 cm³/mol. The summed E-state index contributed by atoms with van der Waals surface area (Å²) >= 11 is 0. The van der Waals surface area contributed by atoms with Crippen molar-refractivity contribution in [2.24, 2.45) is 23.5 Å². The van der Waals surface area contributed by atoms with Gasteiger partial charge < -0.3 is 5.73 Å². The molecule has 2 bridgehead atoms. The molecular formula is C13H22F3N. The van der Waals surface area contributed by atoms with Crippen molar-refractivity contribution in [3.63, 3.8) is 0 Å². The predicted octanol–water partition coefficient (Wildman–Crippen LogP) is 3.87. The summed E-state index contributed by atoms with van der Waals surface area (Å²) < 4.78 is 36.0. The van der Waals surface area contributed by atoms with Crippen LogP contribution in [0, 0.1) is 17.8 Å². The largest absolute Gasteiger partial charge is 0.389 e. The summed E-state index contributed by atoms with van der Waals surface area (Å²) in [5.74, 6) is 2.43. The molecule has 2 aliphatic carbocycles. The Morgan fingerprint density at radius 2 is 1.94 bits per heavy atom. The Morgan fingerprint density at radius 3 is 2.47 bits per heavy atom. The molecule has 17 heavy (non-hydrogen) atoms. The van der Waals surface area contributed by atoms with E-state index in [2.05, 4.69) is 0 Å². The van der Waals surface area contributed by atoms with E-state index < -0.39 is 12.6 Å². The summed E-state index contributed by atoms with van der Waals surface area (Å²) in [5, 5.41) is 0. The highest BCUT2D eigenvalue weighted by Gasteiger charge is 2.39. The summed E-state index contributed by atoms with van der Waals surface area (Å²) in [6, 6.07) is -0.0262. The van der Waals surface area contributed by atoms with Crippen LogP contribution in [0.15, 0.2) is 0 Å². The Morgan fingerprint density at radius 1 is 1.18 bits per heavy atom. The van der Waals surface area contributed by atoms with Crippen LogP contribution in [0.4, 0.5) is 13.2 Å². The first-order valence-corrected chi connectivity index (χ1v) is 6.76. The molecule has 0 aliphatic heterocycles. The van der Waals surface area contributed by atoms with Gasteiger partial charge in [-0.1, -0.05) is 6.42 Å². The quantitative estimate of drug-likeness (QED) is 0.786. The average Bonchev–Trinajstić information content (AvgIpc) is 2.76. The fourth-order valence-corrected chi connectivity index (χ4v) is 3.74. The van der Waals surface area contributed by atoms with E-state index in [4.69, 9.17) is 5.73 Å². The first-order valence-electron chi connectivity index (χ1n) is 6.76. The Kier molecular flexibility index (Phi) is 4.01. The molecule has 2 aliphatic rings. The average molecular weight is 249 g/mol. The van der Waals surface area contributed by atoms with Crippen LogP contribution in [0.25, 0.3) is 0 Å². The SMILES string of the molecule is NC(CCCC(F)(F)F)CC1CC2CCC1C2. The monoisotopic (exact) mass is 249 g/mol. The van der Waals surface area contributed by atoms with E-state index in [0.29, 0.717) is 12.3 Å². The minimum atomic E-state index is -4.02. The van der Waals surface area contributed by atoms with Crippen LogP contribution in [0.1, 0.15) is 51.4 Å². The summed E-state index contributed by atoms with van der Waals surface area (Å²) in [5.41, 5.74) is 5.95. The summed E-state index contributed by atoms with van der Waals surface area (Å²) in [6.07, 6.45) is 2.26. The van der Waals surface area contributed by atoms with Gasteiger partial charge in [0.05, 0.1) is 0 Å². The molecule has 0 aromatic carbocycles. The van der Waals surface area contributed by atoms with Crippen molar-refractivity contribution < 1.29 is 13.2 Å². The Balaban J connectivity index is 1.63. The molecule has 4 heteroatoms. The van der Waals surface area contributed by atoms with E-state index in [1.54, 1.807) is 0 Å². The summed E-state index contributed by atoms with van der Waals surface area (Å²) in [7, 11) is 0. The molecule has 100 valence electrons. The molecule has 4 unspecified atom stereocenters. The van der Waals surface area contributed by atoms with Crippen LogP contribution in [0.3, 0.4) is 0 Å². The molecule has 2 fully saturated rings. The maximum Gasteiger partial charge on any atom is 0.389 e. The van der Waals surface area contributed by atoms with Crippen molar-refractivity contribution in [3.8, 4) is 0 Å². The number of hydrogen-bond donors (Lipinski definition) is 1. The third-order valence-electron chi connectivity index (χ3n) is 4.53. The van der Waals surface area contributed by atoms with Crippen LogP contribution in [-0.2, 0) is 0 Å². The van der Waals surface area contributed by atoms with Crippen LogP contribution in [-0.4, -0.2) is 12.2 Å². The van der Waals surface area contributed by atoms with Gasteiger partial charge in [0, 0.05) is 12.5 Å². The third kappa shape index (κ3) is 3.87. The molecule has 0 aromatic rings. The molecule has 0 aromatic heterocycles. The minimum Gasteiger partial charge on any atom is -0.328 e. The van der Waals surface area contributed by atoms with Crippen LogP contribution < -0.4 is 5.73 Å². The smallest absolute Gasteiger partial charge is 0.328 e. The molecule has 0 heterocycles. The highest BCUT2D eigenvalue weighted by Crippen LogP contribution is 2.49. The summed E-state index contributed by atoms with van der Waals surface area (Å²) in [4.78, 5) is 0. The van der Waals surface area contributed by atoms with Crippen molar-refractivity contribution >= 4 is 0 Å². The maximum atomic E-state index is 12.0. The first-order chi connectivity index (χ1) is 7.94. The Bertz CT molecular complexity index is 252. The molecule has 2 N–H and O–H groups in total. The third-order valence-corrected chi connectivity index (χ3v) is 4.53. The molecule has 0 saturated heterocycles. The molecule has 0 radical (unpaired) electrons. The van der Waals surface area contributed by atoms with Gasteiger partial charge in [-0.15, -0.1) is 0 Å². The van der Waals surface area contributed by atoms with Crippen LogP contribution >= 0.6 is 0 Å². The molecule has 4 atom stereocenters. The van der Waals surface area contributed by atoms with E-state index in [9.17, 15) is 13.2 Å². The van der Waals surface area contributed by atoms with E-state index in [-0.39, 0.29) is 12.5 Å². The van der Waals surface area contributed by atoms with E-state index in [0.717, 1.165) is 18.3 Å². The lowest BCUT2D eigenvalue weighted by molar-refractivity contribution is -0.135. The molecule has 0 spiro atoms. The second-order valence-corrected chi connectivity index (χ2v) is 5.94. The topological polar surface area (TPSA) is 26.0 Å². The number of halogens is 3. The fourth-order valence-electron chi connectivity index (χ4n) is 3.74. The van der Waals surface area contributed by atoms with Crippen molar-refractivity contribution in [1.29, 1.82) is 0 Å². The van der Waals surface area contributed by atoms with Crippen molar-refractivity contribution in [3.05, 3.63) is 0 Å². The lowest BCUT2D eigenvalue weighted by Gasteiger charge is -2.24. The van der Waals surface area contributed by atoms with Crippen molar-refractivity contribution in [2.45, 2.75) is 63.6 Å². The molecule has 0 amide bonds. The standard InChI is InChI=1S/C13H22F3N/c14-13(15,16)5-1-2-12(17)8-11-7-9-3-4-10(11)6-9/h9-12H,1-8,17H2. The highest BCUT2D eigenvalue weighted by molar-refractivity contribution is 4.91. The summed E-state index contributed by atoms with van der Waals surface area (Å²) in [6.45, 7) is 0. The number of fused-ring (bicyclic) bond motifs is 2. The fraction of sp³-hybridized carbons (Fsp3) is 1.00. The van der Waals surface area contributed by atoms with Gasteiger partial charge in [-0.3, -0.25) is 0 Å². The van der Waals surface area contributed by atoms with Gasteiger partial charge in [-0.2, -0.15) is 13.2 Å². The Hall–Kier alpha value is -0.250. The van der Waals surface area contributed by atoms with Gasteiger partial charge >= 0.3 is 6.18 Å². The second kappa shape index (κ2) is 5.17. The van der Waals surface area contributed by atoms with E-state index >= 15 is 0 Å². The molecule has 1 nitrogen and oxygen atoms in total. The zero-order chi connectivity index (χ0) is 12.5. The van der Waals surface area contributed by atoms with Crippen molar-refractivity contribution in [1.82, 2.24) is 0 Å². The van der Waals surface area contributed by atoms with Crippen LogP contribution in [0.5, 0.6) is 0 Å². The van der Waals surface area contributed by atoms with Gasteiger partial charge in [-0.05, 0) is 56.3 Å². The lowest BCUT2D eigenvalue weighted by atomic mass is 9.83. The molecule has 2 saturated carbocycles. The molecule has 2 rings (SSSR count). The first kappa shape index (κ1) is 13.2. The number of nitrogens with two attached hydrogens (primary N) is 1. The minimum absolute atomic E-state index is 0.0262. The van der Waals surface area contributed by atoms with Gasteiger partial charge in [-0.25, -0.2) is 0 Å². The number of hydrogen-bond acceptors (Lipinski definition) is 1. The zero-order valence-electron chi connectivity index (χ0n) is 10.2. The highest BCUT2D eigenvalue weighted by atomic mass is 19.4. The van der Waals surface area contributed by atoms with Gasteiger partial charge in [0.2, 0.25) is 0 Å². The Labute approximate surface area is 101 Å². The van der Waals surface area contributed by atoms with Gasteiger partial charge in [0.25, 0.3) is 0 Å². The van der Waals surface area contributed by atoms with Gasteiger partial charge in [0.1, 0.15) is 0 Å². The van der Waals surface area contributed by atoms with E-state index in [1.165, 1.54) is 25.7 Å². The number of alkyl halides is 3. The second-order valence-electron chi connectivity index (χ2n) is 5.94. The lowest BCUT2D eigenvalue weighted by Crippen LogP contribution is -2.26. The zero-order valence-corrected chi connectivity index (χ0v) is 10.2. The van der Waals surface area contributed by atoms with Gasteiger partial charge in [0.15, 0.2) is 0 Å². The maximum absolute atomic E-state index is 12.0. The van der Waals surface area contributed by atoms with E-state index in [1.807, 2.05) is 0 Å². The van der Waals surface area contributed by atoms with Crippen molar-refractivity contribution in [2.75, 3.05) is 0 Å². The molecular weight excluding hydrogens is 227 g/mol.